The van der Waals surface area contributed by atoms with E-state index in [1.165, 1.54) is 19.1 Å². The van der Waals surface area contributed by atoms with Gasteiger partial charge < -0.3 is 4.74 Å². The first-order valence-corrected chi connectivity index (χ1v) is 4.91. The Balaban J connectivity index is 4.28. The summed E-state index contributed by atoms with van der Waals surface area (Å²) in [6.07, 6.45) is 5.32. The lowest BCUT2D eigenvalue weighted by molar-refractivity contribution is 0.222. The summed E-state index contributed by atoms with van der Waals surface area (Å²) in [5.74, 6) is -0.423. The van der Waals surface area contributed by atoms with Gasteiger partial charge in [0.15, 0.2) is 0 Å². The molecule has 0 bridgehead atoms. The molecule has 0 heterocycles. The normalized spacial score (nSPS) is 14.6. The van der Waals surface area contributed by atoms with Gasteiger partial charge in [0.05, 0.1) is 18.3 Å². The second-order valence-electron chi connectivity index (χ2n) is 3.25. The van der Waals surface area contributed by atoms with Crippen molar-refractivity contribution in [1.29, 1.82) is 0 Å². The zero-order chi connectivity index (χ0) is 11.7. The molecule has 0 atom stereocenters. The minimum atomic E-state index is -0.268. The van der Waals surface area contributed by atoms with Crippen LogP contribution >= 0.6 is 0 Å². The monoisotopic (exact) mass is 216 g/mol. The van der Waals surface area contributed by atoms with Gasteiger partial charge in [-0.25, -0.2) is 8.78 Å². The molecular weight excluding hydrogens is 198 g/mol. The summed E-state index contributed by atoms with van der Waals surface area (Å²) >= 11 is 0. The first kappa shape index (κ1) is 14.0. The molecule has 0 saturated carbocycles. The number of methoxy groups -OCH3 is 1. The van der Waals surface area contributed by atoms with Crippen molar-refractivity contribution in [2.45, 2.75) is 26.7 Å². The third-order valence-corrected chi connectivity index (χ3v) is 1.88. The van der Waals surface area contributed by atoms with E-state index >= 15 is 0 Å². The lowest BCUT2D eigenvalue weighted by Gasteiger charge is -2.04. The highest BCUT2D eigenvalue weighted by atomic mass is 19.1. The molecule has 0 aliphatic carbocycles. The summed E-state index contributed by atoms with van der Waals surface area (Å²) in [4.78, 5) is 0. The molecule has 0 aromatic carbocycles. The van der Waals surface area contributed by atoms with Crippen LogP contribution in [0.15, 0.2) is 35.5 Å². The van der Waals surface area contributed by atoms with Gasteiger partial charge in [-0.2, -0.15) is 0 Å². The van der Waals surface area contributed by atoms with E-state index in [1.54, 1.807) is 20.1 Å². The number of rotatable bonds is 6. The molecule has 0 aromatic heterocycles. The summed E-state index contributed by atoms with van der Waals surface area (Å²) in [7, 11) is 1.56. The standard InChI is InChI=1S/C12H18F2O/c1-4-12(14)8-7-11(9-15-3)6-5-10(2)13/h4-6H,7-9H2,1-3H3/b10-5+,11-6-,12-4+. The molecule has 0 N–H and O–H groups in total. The molecule has 0 radical (unpaired) electrons. The molecule has 0 rings (SSSR count). The average molecular weight is 216 g/mol. The lowest BCUT2D eigenvalue weighted by Crippen LogP contribution is -1.94. The quantitative estimate of drug-likeness (QED) is 0.608. The molecule has 0 aliphatic heterocycles. The fourth-order valence-corrected chi connectivity index (χ4v) is 1.05. The molecule has 0 amide bonds. The van der Waals surface area contributed by atoms with Gasteiger partial charge in [-0.15, -0.1) is 0 Å². The molecule has 3 heteroatoms. The number of halogens is 2. The van der Waals surface area contributed by atoms with Gasteiger partial charge in [0.1, 0.15) is 0 Å². The third kappa shape index (κ3) is 8.06. The first-order valence-electron chi connectivity index (χ1n) is 4.91. The summed E-state index contributed by atoms with van der Waals surface area (Å²) in [5.41, 5.74) is 0.881. The van der Waals surface area contributed by atoms with Gasteiger partial charge >= 0.3 is 0 Å². The van der Waals surface area contributed by atoms with E-state index in [4.69, 9.17) is 4.74 Å². The molecule has 1 nitrogen and oxygen atoms in total. The van der Waals surface area contributed by atoms with Crippen LogP contribution < -0.4 is 0 Å². The Morgan fingerprint density at radius 2 is 1.87 bits per heavy atom. The number of ether oxygens (including phenoxy) is 1. The van der Waals surface area contributed by atoms with Crippen molar-refractivity contribution < 1.29 is 13.5 Å². The minimum Gasteiger partial charge on any atom is -0.380 e. The molecular formula is C12H18F2O. The summed E-state index contributed by atoms with van der Waals surface area (Å²) in [5, 5.41) is 0. The molecule has 0 spiro atoms. The minimum absolute atomic E-state index is 0.155. The van der Waals surface area contributed by atoms with Crippen molar-refractivity contribution in [3.05, 3.63) is 35.5 Å². The van der Waals surface area contributed by atoms with E-state index in [9.17, 15) is 8.78 Å². The van der Waals surface area contributed by atoms with Crippen molar-refractivity contribution in [3.63, 3.8) is 0 Å². The van der Waals surface area contributed by atoms with Gasteiger partial charge in [0.2, 0.25) is 0 Å². The Morgan fingerprint density at radius 1 is 1.20 bits per heavy atom. The summed E-state index contributed by atoms with van der Waals surface area (Å²) in [6.45, 7) is 3.43. The van der Waals surface area contributed by atoms with Crippen molar-refractivity contribution in [1.82, 2.24) is 0 Å². The molecule has 86 valence electrons. The fourth-order valence-electron chi connectivity index (χ4n) is 1.05. The third-order valence-electron chi connectivity index (χ3n) is 1.88. The fraction of sp³-hybridized carbons (Fsp3) is 0.500. The van der Waals surface area contributed by atoms with E-state index in [0.717, 1.165) is 5.57 Å². The van der Waals surface area contributed by atoms with Crippen LogP contribution in [0, 0.1) is 0 Å². The smallest absolute Gasteiger partial charge is 0.0968 e. The number of hydrogen-bond donors (Lipinski definition) is 0. The largest absolute Gasteiger partial charge is 0.380 e. The van der Waals surface area contributed by atoms with Gasteiger partial charge in [0.25, 0.3) is 0 Å². The van der Waals surface area contributed by atoms with E-state index in [-0.39, 0.29) is 11.7 Å². The lowest BCUT2D eigenvalue weighted by atomic mass is 10.1. The van der Waals surface area contributed by atoms with Crippen LogP contribution in [0.5, 0.6) is 0 Å². The van der Waals surface area contributed by atoms with Crippen LogP contribution in [0.4, 0.5) is 8.78 Å². The highest BCUT2D eigenvalue weighted by Crippen LogP contribution is 2.13. The van der Waals surface area contributed by atoms with Gasteiger partial charge in [-0.3, -0.25) is 0 Å². The summed E-state index contributed by atoms with van der Waals surface area (Å²) < 4.78 is 30.2. The summed E-state index contributed by atoms with van der Waals surface area (Å²) in [6, 6.07) is 0. The highest BCUT2D eigenvalue weighted by molar-refractivity contribution is 5.15. The van der Waals surface area contributed by atoms with E-state index in [2.05, 4.69) is 0 Å². The maximum atomic E-state index is 12.8. The Hall–Kier alpha value is -0.960. The van der Waals surface area contributed by atoms with Crippen LogP contribution in [-0.2, 0) is 4.74 Å². The Morgan fingerprint density at radius 3 is 2.33 bits per heavy atom. The predicted octanol–water partition coefficient (Wildman–Crippen LogP) is 4.09. The van der Waals surface area contributed by atoms with Crippen molar-refractivity contribution in [2.24, 2.45) is 0 Å². The molecule has 0 saturated heterocycles. The van der Waals surface area contributed by atoms with Crippen molar-refractivity contribution in [2.75, 3.05) is 13.7 Å². The van der Waals surface area contributed by atoms with Crippen LogP contribution in [-0.4, -0.2) is 13.7 Å². The number of allylic oxidation sites excluding steroid dienone is 5. The maximum absolute atomic E-state index is 12.8. The molecule has 0 fully saturated rings. The van der Waals surface area contributed by atoms with Gasteiger partial charge in [0, 0.05) is 13.5 Å². The zero-order valence-corrected chi connectivity index (χ0v) is 9.52. The molecule has 0 unspecified atom stereocenters. The highest BCUT2D eigenvalue weighted by Gasteiger charge is 1.99. The second kappa shape index (κ2) is 8.36. The Labute approximate surface area is 90.1 Å². The topological polar surface area (TPSA) is 9.23 Å². The molecule has 15 heavy (non-hydrogen) atoms. The predicted molar refractivity (Wildman–Crippen MR) is 58.9 cm³/mol. The first-order chi connectivity index (χ1) is 7.10. The van der Waals surface area contributed by atoms with E-state index in [1.807, 2.05) is 0 Å². The van der Waals surface area contributed by atoms with Crippen LogP contribution in [0.2, 0.25) is 0 Å². The SMILES string of the molecule is C/C=C(/F)CC/C(=C/C=C(\C)F)COC. The molecule has 0 aromatic rings. The maximum Gasteiger partial charge on any atom is 0.0968 e. The second-order valence-corrected chi connectivity index (χ2v) is 3.25. The van der Waals surface area contributed by atoms with Gasteiger partial charge in [-0.1, -0.05) is 12.2 Å². The van der Waals surface area contributed by atoms with Crippen LogP contribution in [0.3, 0.4) is 0 Å². The Kier molecular flexibility index (Phi) is 7.82. The molecule has 0 aliphatic rings. The van der Waals surface area contributed by atoms with E-state index < -0.39 is 0 Å². The van der Waals surface area contributed by atoms with Gasteiger partial charge in [-0.05, 0) is 31.9 Å². The van der Waals surface area contributed by atoms with Crippen LogP contribution in [0.1, 0.15) is 26.7 Å². The zero-order valence-electron chi connectivity index (χ0n) is 9.52. The Bertz CT molecular complexity index is 261. The number of hydrogen-bond acceptors (Lipinski definition) is 1. The van der Waals surface area contributed by atoms with Crippen molar-refractivity contribution in [3.8, 4) is 0 Å². The van der Waals surface area contributed by atoms with Crippen LogP contribution in [0.25, 0.3) is 0 Å². The van der Waals surface area contributed by atoms with Crippen molar-refractivity contribution >= 4 is 0 Å². The average Bonchev–Trinajstić information content (AvgIpc) is 2.21. The van der Waals surface area contributed by atoms with E-state index in [0.29, 0.717) is 19.4 Å².